The van der Waals surface area contributed by atoms with Crippen LogP contribution in [0.1, 0.15) is 24.0 Å². The Kier molecular flexibility index (Phi) is 5.36. The van der Waals surface area contributed by atoms with E-state index in [4.69, 9.17) is 0 Å². The maximum Gasteiger partial charge on any atom is 0.320 e. The number of urea groups is 1. The summed E-state index contributed by atoms with van der Waals surface area (Å²) in [7, 11) is -1.55. The van der Waals surface area contributed by atoms with Crippen molar-refractivity contribution in [3.05, 3.63) is 59.7 Å². The van der Waals surface area contributed by atoms with Crippen molar-refractivity contribution in [2.24, 2.45) is 0 Å². The summed E-state index contributed by atoms with van der Waals surface area (Å²) in [6.07, 6.45) is 3.30. The van der Waals surface area contributed by atoms with Crippen molar-refractivity contribution < 1.29 is 13.2 Å². The standard InChI is InChI=1S/C22H27N3O3S/c1-24-15-18-8-3-4-10-19(18)17-9-5-7-16(13-17)14-21-20(23-29(2,27)28)11-6-12-25(21)22(24)26/h3-5,7-10,13,20-21,23H,6,11-12,14-15H2,1-2H3. The Balaban J connectivity index is 1.80. The van der Waals surface area contributed by atoms with Gasteiger partial charge >= 0.3 is 6.03 Å². The van der Waals surface area contributed by atoms with Crippen molar-refractivity contribution in [3.63, 3.8) is 0 Å². The molecule has 2 aliphatic heterocycles. The normalized spacial score (nSPS) is 22.5. The molecule has 2 aromatic rings. The molecule has 2 unspecified atom stereocenters. The van der Waals surface area contributed by atoms with E-state index in [0.29, 0.717) is 19.5 Å². The molecular formula is C22H27N3O3S. The molecule has 2 heterocycles. The molecule has 2 aliphatic rings. The first kappa shape index (κ1) is 19.9. The lowest BCUT2D eigenvalue weighted by atomic mass is 9.90. The summed E-state index contributed by atoms with van der Waals surface area (Å²) in [6.45, 7) is 1.14. The van der Waals surface area contributed by atoms with Crippen molar-refractivity contribution in [2.45, 2.75) is 37.9 Å². The summed E-state index contributed by atoms with van der Waals surface area (Å²) in [6, 6.07) is 16.0. The highest BCUT2D eigenvalue weighted by molar-refractivity contribution is 7.88. The van der Waals surface area contributed by atoms with Crippen LogP contribution in [0.5, 0.6) is 0 Å². The number of amides is 2. The fourth-order valence-corrected chi connectivity index (χ4v) is 5.37. The molecule has 1 fully saturated rings. The lowest BCUT2D eigenvalue weighted by Gasteiger charge is -2.43. The Bertz CT molecular complexity index is 1020. The molecule has 2 atom stereocenters. The topological polar surface area (TPSA) is 69.7 Å². The van der Waals surface area contributed by atoms with Crippen LogP contribution in [0.4, 0.5) is 4.79 Å². The average molecular weight is 414 g/mol. The van der Waals surface area contributed by atoms with Crippen LogP contribution in [0, 0.1) is 0 Å². The third-order valence-corrected chi connectivity index (χ3v) is 6.56. The fourth-order valence-electron chi connectivity index (χ4n) is 4.55. The fraction of sp³-hybridized carbons (Fsp3) is 0.409. The molecule has 1 N–H and O–H groups in total. The van der Waals surface area contributed by atoms with Gasteiger partial charge in [-0.05, 0) is 41.5 Å². The van der Waals surface area contributed by atoms with Gasteiger partial charge in [-0.3, -0.25) is 0 Å². The molecule has 0 saturated carbocycles. The Morgan fingerprint density at radius 1 is 1.10 bits per heavy atom. The van der Waals surface area contributed by atoms with Crippen molar-refractivity contribution in [1.82, 2.24) is 14.5 Å². The van der Waals surface area contributed by atoms with Crippen molar-refractivity contribution >= 4 is 16.1 Å². The zero-order valence-electron chi connectivity index (χ0n) is 16.8. The van der Waals surface area contributed by atoms with Gasteiger partial charge in [0.2, 0.25) is 10.0 Å². The molecule has 0 aromatic heterocycles. The van der Waals surface area contributed by atoms with E-state index in [9.17, 15) is 13.2 Å². The van der Waals surface area contributed by atoms with Crippen LogP contribution in [0.2, 0.25) is 0 Å². The lowest BCUT2D eigenvalue weighted by Crippen LogP contribution is -2.59. The van der Waals surface area contributed by atoms with Gasteiger partial charge in [0.1, 0.15) is 0 Å². The van der Waals surface area contributed by atoms with Gasteiger partial charge in [0.15, 0.2) is 0 Å². The van der Waals surface area contributed by atoms with E-state index in [-0.39, 0.29) is 18.1 Å². The summed E-state index contributed by atoms with van der Waals surface area (Å²) < 4.78 is 26.7. The molecular weight excluding hydrogens is 386 g/mol. The molecule has 29 heavy (non-hydrogen) atoms. The quantitative estimate of drug-likeness (QED) is 0.823. The van der Waals surface area contributed by atoms with E-state index in [1.165, 1.54) is 6.26 Å². The Morgan fingerprint density at radius 3 is 2.69 bits per heavy atom. The van der Waals surface area contributed by atoms with Crippen LogP contribution in [-0.4, -0.2) is 56.2 Å². The molecule has 154 valence electrons. The summed E-state index contributed by atoms with van der Waals surface area (Å²) in [5, 5.41) is 0. The van der Waals surface area contributed by atoms with E-state index < -0.39 is 10.0 Å². The number of carbonyl (C=O) groups is 1. The molecule has 2 amide bonds. The number of hydrogen-bond acceptors (Lipinski definition) is 3. The van der Waals surface area contributed by atoms with Gasteiger partial charge in [-0.2, -0.15) is 0 Å². The molecule has 0 spiro atoms. The first-order valence-electron chi connectivity index (χ1n) is 9.98. The van der Waals surface area contributed by atoms with E-state index in [0.717, 1.165) is 35.1 Å². The summed E-state index contributed by atoms with van der Waals surface area (Å²) in [4.78, 5) is 16.9. The number of nitrogens with zero attached hydrogens (tertiary/aromatic N) is 2. The molecule has 6 nitrogen and oxygen atoms in total. The van der Waals surface area contributed by atoms with Crippen molar-refractivity contribution in [3.8, 4) is 11.1 Å². The predicted molar refractivity (Wildman–Crippen MR) is 114 cm³/mol. The summed E-state index contributed by atoms with van der Waals surface area (Å²) >= 11 is 0. The van der Waals surface area contributed by atoms with Crippen LogP contribution >= 0.6 is 0 Å². The van der Waals surface area contributed by atoms with Crippen LogP contribution in [0.15, 0.2) is 48.5 Å². The van der Waals surface area contributed by atoms with Gasteiger partial charge in [-0.25, -0.2) is 17.9 Å². The van der Waals surface area contributed by atoms with E-state index in [1.54, 1.807) is 4.90 Å². The number of benzene rings is 2. The van der Waals surface area contributed by atoms with Crippen LogP contribution in [0.3, 0.4) is 0 Å². The number of piperidine rings is 1. The lowest BCUT2D eigenvalue weighted by molar-refractivity contribution is 0.107. The zero-order valence-corrected chi connectivity index (χ0v) is 17.7. The molecule has 2 bridgehead atoms. The van der Waals surface area contributed by atoms with Crippen LogP contribution in [-0.2, 0) is 23.0 Å². The highest BCUT2D eigenvalue weighted by atomic mass is 32.2. The highest BCUT2D eigenvalue weighted by Gasteiger charge is 2.37. The molecule has 0 radical (unpaired) electrons. The second-order valence-corrected chi connectivity index (χ2v) is 9.88. The second kappa shape index (κ2) is 7.80. The minimum Gasteiger partial charge on any atom is -0.323 e. The predicted octanol–water partition coefficient (Wildman–Crippen LogP) is 2.84. The van der Waals surface area contributed by atoms with Gasteiger partial charge < -0.3 is 9.80 Å². The Morgan fingerprint density at radius 2 is 1.90 bits per heavy atom. The number of fused-ring (bicyclic) bond motifs is 5. The Labute approximate surface area is 172 Å². The largest absolute Gasteiger partial charge is 0.323 e. The maximum absolute atomic E-state index is 13.3. The molecule has 2 aromatic carbocycles. The molecule has 0 aliphatic carbocycles. The Hall–Kier alpha value is -2.38. The smallest absolute Gasteiger partial charge is 0.320 e. The van der Waals surface area contributed by atoms with Crippen LogP contribution < -0.4 is 4.72 Å². The van der Waals surface area contributed by atoms with E-state index in [2.05, 4.69) is 35.1 Å². The molecule has 1 saturated heterocycles. The van der Waals surface area contributed by atoms with Gasteiger partial charge in [-0.1, -0.05) is 48.5 Å². The maximum atomic E-state index is 13.3. The van der Waals surface area contributed by atoms with E-state index >= 15 is 0 Å². The van der Waals surface area contributed by atoms with E-state index in [1.807, 2.05) is 30.1 Å². The van der Waals surface area contributed by atoms with Gasteiger partial charge in [-0.15, -0.1) is 0 Å². The third-order valence-electron chi connectivity index (χ3n) is 5.82. The first-order valence-corrected chi connectivity index (χ1v) is 11.9. The number of rotatable bonds is 2. The summed E-state index contributed by atoms with van der Waals surface area (Å²) in [5.74, 6) is 0. The number of hydrogen-bond donors (Lipinski definition) is 1. The first-order chi connectivity index (χ1) is 13.8. The number of nitrogens with one attached hydrogen (secondary N) is 1. The van der Waals surface area contributed by atoms with Gasteiger partial charge in [0.25, 0.3) is 0 Å². The summed E-state index contributed by atoms with van der Waals surface area (Å²) in [5.41, 5.74) is 4.45. The number of carbonyl (C=O) groups excluding carboxylic acids is 1. The number of sulfonamides is 1. The van der Waals surface area contributed by atoms with Crippen LogP contribution in [0.25, 0.3) is 11.1 Å². The zero-order chi connectivity index (χ0) is 20.6. The average Bonchev–Trinajstić information content (AvgIpc) is 2.68. The van der Waals surface area contributed by atoms with Crippen molar-refractivity contribution in [1.29, 1.82) is 0 Å². The monoisotopic (exact) mass is 413 g/mol. The minimum absolute atomic E-state index is 0.0557. The molecule has 4 rings (SSSR count). The second-order valence-electron chi connectivity index (χ2n) is 8.10. The third kappa shape index (κ3) is 4.31. The highest BCUT2D eigenvalue weighted by Crippen LogP contribution is 2.30. The van der Waals surface area contributed by atoms with Gasteiger partial charge in [0.05, 0.1) is 12.3 Å². The van der Waals surface area contributed by atoms with Gasteiger partial charge in [0, 0.05) is 26.2 Å². The molecule has 7 heteroatoms. The minimum atomic E-state index is -3.36. The van der Waals surface area contributed by atoms with Crippen molar-refractivity contribution in [2.75, 3.05) is 19.8 Å². The SMILES string of the molecule is CN1Cc2ccccc2-c2cccc(c2)CC2C(NS(C)(=O)=O)CCCN2C1=O.